The van der Waals surface area contributed by atoms with Crippen LogP contribution in [0.1, 0.15) is 18.5 Å². The fourth-order valence-electron chi connectivity index (χ4n) is 1.99. The van der Waals surface area contributed by atoms with Crippen LogP contribution in [0.5, 0.6) is 0 Å². The Hall–Kier alpha value is -2.34. The molecule has 6 heteroatoms. The molecule has 0 fully saturated rings. The van der Waals surface area contributed by atoms with Crippen molar-refractivity contribution in [1.82, 2.24) is 5.32 Å². The van der Waals surface area contributed by atoms with Gasteiger partial charge in [-0.3, -0.25) is 9.59 Å². The molecule has 1 amide bonds. The van der Waals surface area contributed by atoms with E-state index < -0.39 is 5.97 Å². The van der Waals surface area contributed by atoms with Gasteiger partial charge >= 0.3 is 5.97 Å². The van der Waals surface area contributed by atoms with E-state index in [9.17, 15) is 14.0 Å². The molecule has 0 aliphatic rings. The fourth-order valence-corrected chi connectivity index (χ4v) is 2.73. The molecule has 0 aliphatic carbocycles. The number of esters is 1. The molecule has 2 aromatic carbocycles. The zero-order chi connectivity index (χ0) is 17.4. The zero-order valence-corrected chi connectivity index (χ0v) is 14.0. The number of ether oxygens (including phenoxy) is 1. The number of carbonyl (C=O) groups excluding carboxylic acids is 2. The van der Waals surface area contributed by atoms with Crippen molar-refractivity contribution in [2.45, 2.75) is 17.9 Å². The van der Waals surface area contributed by atoms with E-state index in [1.807, 2.05) is 37.3 Å². The maximum Gasteiger partial charge on any atom is 0.316 e. The van der Waals surface area contributed by atoms with Gasteiger partial charge in [0.25, 0.3) is 5.91 Å². The highest BCUT2D eigenvalue weighted by Gasteiger charge is 2.12. The van der Waals surface area contributed by atoms with E-state index in [0.717, 1.165) is 17.3 Å². The van der Waals surface area contributed by atoms with Crippen LogP contribution in [0.4, 0.5) is 4.39 Å². The number of carbonyl (C=O) groups is 2. The Morgan fingerprint density at radius 2 is 1.79 bits per heavy atom. The van der Waals surface area contributed by atoms with Gasteiger partial charge in [-0.2, -0.15) is 0 Å². The first kappa shape index (κ1) is 18.0. The number of halogens is 1. The maximum atomic E-state index is 13.4. The van der Waals surface area contributed by atoms with Gasteiger partial charge in [0.2, 0.25) is 0 Å². The lowest BCUT2D eigenvalue weighted by molar-refractivity contribution is -0.146. The van der Waals surface area contributed by atoms with Crippen molar-refractivity contribution >= 4 is 23.6 Å². The first-order valence-corrected chi connectivity index (χ1v) is 8.42. The summed E-state index contributed by atoms with van der Waals surface area (Å²) in [6.45, 7) is 1.50. The molecule has 0 radical (unpaired) electrons. The third-order valence-corrected chi connectivity index (χ3v) is 4.25. The number of amides is 1. The highest BCUT2D eigenvalue weighted by atomic mass is 32.2. The van der Waals surface area contributed by atoms with Gasteiger partial charge in [0, 0.05) is 4.90 Å². The average Bonchev–Trinajstić information content (AvgIpc) is 2.60. The molecule has 24 heavy (non-hydrogen) atoms. The molecule has 1 N–H and O–H groups in total. The summed E-state index contributed by atoms with van der Waals surface area (Å²) in [6.07, 6.45) is 0. The minimum Gasteiger partial charge on any atom is -0.455 e. The molecule has 2 aromatic rings. The van der Waals surface area contributed by atoms with Gasteiger partial charge in [0.1, 0.15) is 5.82 Å². The Kier molecular flexibility index (Phi) is 6.81. The standard InChI is InChI=1S/C18H18FNO3S/c1-13(14-7-3-2-4-8-14)20-17(21)11-23-18(22)12-24-16-10-6-5-9-15(16)19/h2-10,13H,11-12H2,1H3,(H,20,21)/t13-/m0/s1. The molecular weight excluding hydrogens is 329 g/mol. The molecule has 0 bridgehead atoms. The van der Waals surface area contributed by atoms with Crippen LogP contribution in [0.25, 0.3) is 0 Å². The van der Waals surface area contributed by atoms with E-state index in [1.165, 1.54) is 6.07 Å². The molecule has 0 unspecified atom stereocenters. The van der Waals surface area contributed by atoms with Crippen molar-refractivity contribution < 1.29 is 18.7 Å². The van der Waals surface area contributed by atoms with Crippen molar-refractivity contribution in [3.63, 3.8) is 0 Å². The molecular formula is C18H18FNO3S. The van der Waals surface area contributed by atoms with E-state index in [2.05, 4.69) is 5.32 Å². The van der Waals surface area contributed by atoms with Gasteiger partial charge in [0.05, 0.1) is 11.8 Å². The Labute approximate surface area is 144 Å². The third-order valence-electron chi connectivity index (χ3n) is 3.22. The molecule has 0 saturated heterocycles. The summed E-state index contributed by atoms with van der Waals surface area (Å²) in [5.41, 5.74) is 0.965. The van der Waals surface area contributed by atoms with Crippen LogP contribution in [0.3, 0.4) is 0 Å². The van der Waals surface area contributed by atoms with Crippen molar-refractivity contribution in [3.05, 3.63) is 66.0 Å². The lowest BCUT2D eigenvalue weighted by Gasteiger charge is -2.14. The molecule has 0 spiro atoms. The second kappa shape index (κ2) is 9.08. The highest BCUT2D eigenvalue weighted by Crippen LogP contribution is 2.21. The first-order valence-electron chi connectivity index (χ1n) is 7.43. The van der Waals surface area contributed by atoms with Crippen molar-refractivity contribution in [2.75, 3.05) is 12.4 Å². The minimum absolute atomic E-state index is 0.0531. The summed E-state index contributed by atoms with van der Waals surface area (Å²) in [5, 5.41) is 2.75. The maximum absolute atomic E-state index is 13.4. The average molecular weight is 347 g/mol. The van der Waals surface area contributed by atoms with Crippen LogP contribution in [0.2, 0.25) is 0 Å². The topological polar surface area (TPSA) is 55.4 Å². The quantitative estimate of drug-likeness (QED) is 0.616. The largest absolute Gasteiger partial charge is 0.455 e. The number of rotatable bonds is 7. The molecule has 0 saturated carbocycles. The Bertz CT molecular complexity index is 694. The van der Waals surface area contributed by atoms with Gasteiger partial charge in [0.15, 0.2) is 6.61 Å². The van der Waals surface area contributed by atoms with Crippen molar-refractivity contribution in [3.8, 4) is 0 Å². The van der Waals surface area contributed by atoms with E-state index >= 15 is 0 Å². The predicted molar refractivity (Wildman–Crippen MR) is 91.1 cm³/mol. The van der Waals surface area contributed by atoms with Gasteiger partial charge in [-0.25, -0.2) is 4.39 Å². The van der Waals surface area contributed by atoms with Gasteiger partial charge in [-0.15, -0.1) is 11.8 Å². The Morgan fingerprint density at radius 3 is 2.50 bits per heavy atom. The number of thioether (sulfide) groups is 1. The van der Waals surface area contributed by atoms with Gasteiger partial charge in [-0.05, 0) is 24.6 Å². The van der Waals surface area contributed by atoms with Crippen LogP contribution in [-0.2, 0) is 14.3 Å². The lowest BCUT2D eigenvalue weighted by atomic mass is 10.1. The molecule has 0 aromatic heterocycles. The van der Waals surface area contributed by atoms with E-state index in [4.69, 9.17) is 4.74 Å². The monoisotopic (exact) mass is 347 g/mol. The summed E-state index contributed by atoms with van der Waals surface area (Å²) in [7, 11) is 0. The summed E-state index contributed by atoms with van der Waals surface area (Å²) in [4.78, 5) is 23.8. The normalized spacial score (nSPS) is 11.6. The van der Waals surface area contributed by atoms with Gasteiger partial charge < -0.3 is 10.1 Å². The zero-order valence-electron chi connectivity index (χ0n) is 13.2. The molecule has 0 heterocycles. The molecule has 0 aliphatic heterocycles. The summed E-state index contributed by atoms with van der Waals surface area (Å²) >= 11 is 1.04. The van der Waals surface area contributed by atoms with Crippen molar-refractivity contribution in [2.24, 2.45) is 0 Å². The smallest absolute Gasteiger partial charge is 0.316 e. The Morgan fingerprint density at radius 1 is 1.12 bits per heavy atom. The Balaban J connectivity index is 1.71. The number of hydrogen-bond acceptors (Lipinski definition) is 4. The molecule has 2 rings (SSSR count). The van der Waals surface area contributed by atoms with E-state index in [0.29, 0.717) is 4.90 Å². The third kappa shape index (κ3) is 5.70. The van der Waals surface area contributed by atoms with Crippen LogP contribution >= 0.6 is 11.8 Å². The molecule has 4 nitrogen and oxygen atoms in total. The SMILES string of the molecule is C[C@H](NC(=O)COC(=O)CSc1ccccc1F)c1ccccc1. The summed E-state index contributed by atoms with van der Waals surface area (Å²) in [5.74, 6) is -1.38. The second-order valence-corrected chi connectivity index (χ2v) is 6.10. The van der Waals surface area contributed by atoms with E-state index in [-0.39, 0.29) is 30.1 Å². The molecule has 1 atom stereocenters. The number of nitrogens with one attached hydrogen (secondary N) is 1. The first-order chi connectivity index (χ1) is 11.6. The van der Waals surface area contributed by atoms with E-state index in [1.54, 1.807) is 18.2 Å². The van der Waals surface area contributed by atoms with Crippen LogP contribution < -0.4 is 5.32 Å². The van der Waals surface area contributed by atoms with Crippen LogP contribution in [-0.4, -0.2) is 24.2 Å². The summed E-state index contributed by atoms with van der Waals surface area (Å²) < 4.78 is 18.3. The number of hydrogen-bond donors (Lipinski definition) is 1. The molecule has 126 valence electrons. The highest BCUT2D eigenvalue weighted by molar-refractivity contribution is 8.00. The van der Waals surface area contributed by atoms with Crippen LogP contribution in [0.15, 0.2) is 59.5 Å². The minimum atomic E-state index is -0.564. The predicted octanol–water partition coefficient (Wildman–Crippen LogP) is 3.34. The summed E-state index contributed by atoms with van der Waals surface area (Å²) in [6, 6.07) is 15.5. The fraction of sp³-hybridized carbons (Fsp3) is 0.222. The van der Waals surface area contributed by atoms with Crippen molar-refractivity contribution in [1.29, 1.82) is 0 Å². The lowest BCUT2D eigenvalue weighted by Crippen LogP contribution is -2.31. The number of benzene rings is 2. The van der Waals surface area contributed by atoms with Gasteiger partial charge in [-0.1, -0.05) is 42.5 Å². The van der Waals surface area contributed by atoms with Crippen LogP contribution in [0, 0.1) is 5.82 Å². The second-order valence-electron chi connectivity index (χ2n) is 5.08.